The van der Waals surface area contributed by atoms with Crippen LogP contribution in [0.25, 0.3) is 0 Å². The fraction of sp³-hybridized carbons (Fsp3) is 0.824. The first-order valence-corrected chi connectivity index (χ1v) is 24.5. The van der Waals surface area contributed by atoms with E-state index in [9.17, 15) is 14.4 Å². The van der Waals surface area contributed by atoms with Crippen LogP contribution in [0.1, 0.15) is 252 Å². The molecule has 332 valence electrons. The van der Waals surface area contributed by atoms with Crippen LogP contribution in [0.2, 0.25) is 0 Å². The summed E-state index contributed by atoms with van der Waals surface area (Å²) >= 11 is 0. The van der Waals surface area contributed by atoms with Crippen molar-refractivity contribution in [2.45, 2.75) is 258 Å². The number of rotatable bonds is 44. The minimum absolute atomic E-state index is 0.0796. The van der Waals surface area contributed by atoms with Gasteiger partial charge in [0.05, 0.1) is 0 Å². The lowest BCUT2D eigenvalue weighted by atomic mass is 10.1. The molecule has 1 unspecified atom stereocenters. The van der Waals surface area contributed by atoms with Crippen LogP contribution in [0.15, 0.2) is 36.5 Å². The Bertz CT molecular complexity index is 969. The van der Waals surface area contributed by atoms with Crippen molar-refractivity contribution in [3.63, 3.8) is 0 Å². The quantitative estimate of drug-likeness (QED) is 0.0201. The van der Waals surface area contributed by atoms with Crippen LogP contribution in [-0.4, -0.2) is 37.2 Å². The molecular weight excluding hydrogens is 709 g/mol. The van der Waals surface area contributed by atoms with E-state index in [4.69, 9.17) is 14.2 Å². The molecule has 57 heavy (non-hydrogen) atoms. The van der Waals surface area contributed by atoms with E-state index < -0.39 is 6.10 Å². The molecule has 0 spiro atoms. The van der Waals surface area contributed by atoms with Crippen LogP contribution in [0.4, 0.5) is 0 Å². The Balaban J connectivity index is 4.39. The highest BCUT2D eigenvalue weighted by Crippen LogP contribution is 2.14. The number of carbonyl (C=O) groups excluding carboxylic acids is 3. The summed E-state index contributed by atoms with van der Waals surface area (Å²) in [5.74, 6) is -0.903. The average molecular weight is 801 g/mol. The molecule has 0 radical (unpaired) electrons. The molecule has 0 fully saturated rings. The molecule has 0 amide bonds. The Morgan fingerprint density at radius 2 is 0.632 bits per heavy atom. The Kier molecular flexibility index (Phi) is 44.4. The molecule has 0 aliphatic heterocycles. The number of hydrogen-bond donors (Lipinski definition) is 0. The van der Waals surface area contributed by atoms with Gasteiger partial charge in [-0.25, -0.2) is 0 Å². The van der Waals surface area contributed by atoms with E-state index in [1.54, 1.807) is 0 Å². The number of esters is 3. The summed E-state index contributed by atoms with van der Waals surface area (Å²) in [7, 11) is 0. The first kappa shape index (κ1) is 54.6. The summed E-state index contributed by atoms with van der Waals surface area (Å²) in [6, 6.07) is 0. The maximum absolute atomic E-state index is 12.7. The van der Waals surface area contributed by atoms with Gasteiger partial charge in [0.15, 0.2) is 6.10 Å². The second-order valence-corrected chi connectivity index (χ2v) is 16.4. The fourth-order valence-electron chi connectivity index (χ4n) is 6.90. The summed E-state index contributed by atoms with van der Waals surface area (Å²) in [5.41, 5.74) is 0. The zero-order chi connectivity index (χ0) is 41.5. The van der Waals surface area contributed by atoms with Crippen molar-refractivity contribution in [2.24, 2.45) is 0 Å². The van der Waals surface area contributed by atoms with Gasteiger partial charge in [0.2, 0.25) is 0 Å². The summed E-state index contributed by atoms with van der Waals surface area (Å²) < 4.78 is 16.7. The molecule has 0 N–H and O–H groups in total. The summed E-state index contributed by atoms with van der Waals surface area (Å²) in [6.07, 6.45) is 52.6. The third-order valence-electron chi connectivity index (χ3n) is 10.6. The van der Waals surface area contributed by atoms with E-state index in [1.165, 1.54) is 135 Å². The fourth-order valence-corrected chi connectivity index (χ4v) is 6.90. The highest BCUT2D eigenvalue weighted by atomic mass is 16.6. The monoisotopic (exact) mass is 801 g/mol. The van der Waals surface area contributed by atoms with Crippen LogP contribution in [0, 0.1) is 0 Å². The highest BCUT2D eigenvalue weighted by Gasteiger charge is 2.19. The first-order valence-electron chi connectivity index (χ1n) is 24.5. The van der Waals surface area contributed by atoms with Crippen molar-refractivity contribution < 1.29 is 28.6 Å². The van der Waals surface area contributed by atoms with Crippen molar-refractivity contribution in [3.05, 3.63) is 36.5 Å². The average Bonchev–Trinajstić information content (AvgIpc) is 3.21. The molecule has 6 nitrogen and oxygen atoms in total. The van der Waals surface area contributed by atoms with Crippen LogP contribution in [0.5, 0.6) is 0 Å². The second-order valence-electron chi connectivity index (χ2n) is 16.4. The van der Waals surface area contributed by atoms with Gasteiger partial charge in [-0.3, -0.25) is 14.4 Å². The van der Waals surface area contributed by atoms with Gasteiger partial charge in [0, 0.05) is 19.3 Å². The SMILES string of the molecule is CCCCC/C=C\C=C/CCCCCCCCC(=O)OCC(COC(=O)CCCCCCCCCCCCC)OC(=O)CCCCC/C=C\CCCCCCCC. The minimum Gasteiger partial charge on any atom is -0.462 e. The van der Waals surface area contributed by atoms with Crippen molar-refractivity contribution in [3.8, 4) is 0 Å². The van der Waals surface area contributed by atoms with Gasteiger partial charge in [-0.15, -0.1) is 0 Å². The molecule has 6 heteroatoms. The molecule has 0 aromatic carbocycles. The molecule has 0 aromatic rings. The van der Waals surface area contributed by atoms with Gasteiger partial charge in [0.25, 0.3) is 0 Å². The molecular formula is C51H92O6. The van der Waals surface area contributed by atoms with Gasteiger partial charge in [-0.05, 0) is 70.6 Å². The van der Waals surface area contributed by atoms with E-state index in [-0.39, 0.29) is 31.1 Å². The zero-order valence-electron chi connectivity index (χ0n) is 37.9. The van der Waals surface area contributed by atoms with Crippen molar-refractivity contribution in [1.82, 2.24) is 0 Å². The Hall–Kier alpha value is -2.37. The zero-order valence-corrected chi connectivity index (χ0v) is 37.9. The van der Waals surface area contributed by atoms with Crippen LogP contribution in [-0.2, 0) is 28.6 Å². The standard InChI is InChI=1S/C51H92O6/c1-4-7-10-13-16-19-22-24-25-27-29-32-35-38-41-44-50(53)56-47-48(46-55-49(52)43-40-37-34-31-28-21-18-15-12-9-6-3)57-51(54)45-42-39-36-33-30-26-23-20-17-14-11-8-5-2/h16,19,22,24,26,30,48H,4-15,17-18,20-21,23,25,27-29,31-47H2,1-3H3/b19-16-,24-22-,30-26-. The van der Waals surface area contributed by atoms with E-state index in [0.717, 1.165) is 77.0 Å². The molecule has 0 saturated heterocycles. The molecule has 0 heterocycles. The molecule has 0 aliphatic rings. The molecule has 0 rings (SSSR count). The summed E-state index contributed by atoms with van der Waals surface area (Å²) in [6.45, 7) is 6.58. The second kappa shape index (κ2) is 46.3. The number of allylic oxidation sites excluding steroid dienone is 6. The summed E-state index contributed by atoms with van der Waals surface area (Å²) in [5, 5.41) is 0. The molecule has 0 saturated carbocycles. The topological polar surface area (TPSA) is 78.9 Å². The number of carbonyl (C=O) groups is 3. The number of hydrogen-bond acceptors (Lipinski definition) is 6. The van der Waals surface area contributed by atoms with Crippen molar-refractivity contribution in [1.29, 1.82) is 0 Å². The van der Waals surface area contributed by atoms with E-state index in [0.29, 0.717) is 19.3 Å². The lowest BCUT2D eigenvalue weighted by Crippen LogP contribution is -2.30. The summed E-state index contributed by atoms with van der Waals surface area (Å²) in [4.78, 5) is 37.8. The number of ether oxygens (including phenoxy) is 3. The Morgan fingerprint density at radius 1 is 0.351 bits per heavy atom. The first-order chi connectivity index (χ1) is 28.0. The van der Waals surface area contributed by atoms with Gasteiger partial charge in [-0.2, -0.15) is 0 Å². The largest absolute Gasteiger partial charge is 0.462 e. The van der Waals surface area contributed by atoms with Crippen molar-refractivity contribution in [2.75, 3.05) is 13.2 Å². The van der Waals surface area contributed by atoms with E-state index in [2.05, 4.69) is 57.2 Å². The van der Waals surface area contributed by atoms with Crippen LogP contribution >= 0.6 is 0 Å². The lowest BCUT2D eigenvalue weighted by molar-refractivity contribution is -0.167. The maximum atomic E-state index is 12.7. The van der Waals surface area contributed by atoms with Crippen molar-refractivity contribution >= 4 is 17.9 Å². The molecule has 0 aromatic heterocycles. The molecule has 1 atom stereocenters. The maximum Gasteiger partial charge on any atom is 0.306 e. The highest BCUT2D eigenvalue weighted by molar-refractivity contribution is 5.71. The third kappa shape index (κ3) is 44.6. The minimum atomic E-state index is -0.779. The normalized spacial score (nSPS) is 12.3. The Labute approximate surface area is 353 Å². The molecule has 0 bridgehead atoms. The number of unbranched alkanes of at least 4 members (excludes halogenated alkanes) is 28. The smallest absolute Gasteiger partial charge is 0.306 e. The lowest BCUT2D eigenvalue weighted by Gasteiger charge is -2.18. The van der Waals surface area contributed by atoms with Gasteiger partial charge in [0.1, 0.15) is 13.2 Å². The van der Waals surface area contributed by atoms with Gasteiger partial charge >= 0.3 is 17.9 Å². The van der Waals surface area contributed by atoms with E-state index in [1.807, 2.05) is 0 Å². The third-order valence-corrected chi connectivity index (χ3v) is 10.6. The van der Waals surface area contributed by atoms with Crippen LogP contribution < -0.4 is 0 Å². The molecule has 0 aliphatic carbocycles. The van der Waals surface area contributed by atoms with E-state index >= 15 is 0 Å². The predicted octanol–water partition coefficient (Wildman–Crippen LogP) is 15.8. The predicted molar refractivity (Wildman–Crippen MR) is 242 cm³/mol. The van der Waals surface area contributed by atoms with Gasteiger partial charge < -0.3 is 14.2 Å². The Morgan fingerprint density at radius 3 is 1.04 bits per heavy atom. The van der Waals surface area contributed by atoms with Gasteiger partial charge in [-0.1, -0.05) is 198 Å². The van der Waals surface area contributed by atoms with Crippen LogP contribution in [0.3, 0.4) is 0 Å².